The van der Waals surface area contributed by atoms with Gasteiger partial charge in [-0.05, 0) is 32.0 Å². The van der Waals surface area contributed by atoms with Crippen LogP contribution in [0.3, 0.4) is 0 Å². The van der Waals surface area contributed by atoms with E-state index in [-0.39, 0.29) is 5.78 Å². The second kappa shape index (κ2) is 4.39. The number of aryl methyl sites for hydroxylation is 2. The van der Waals surface area contributed by atoms with E-state index in [0.29, 0.717) is 11.3 Å². The molecule has 2 heteroatoms. The van der Waals surface area contributed by atoms with Crippen LogP contribution in [0.1, 0.15) is 27.2 Å². The van der Waals surface area contributed by atoms with Gasteiger partial charge in [-0.25, -0.2) is 0 Å². The van der Waals surface area contributed by atoms with Gasteiger partial charge in [0.2, 0.25) is 5.78 Å². The minimum atomic E-state index is 0.0360. The van der Waals surface area contributed by atoms with Crippen molar-refractivity contribution in [1.29, 1.82) is 0 Å². The maximum atomic E-state index is 12.4. The van der Waals surface area contributed by atoms with Gasteiger partial charge < -0.3 is 4.98 Å². The van der Waals surface area contributed by atoms with Gasteiger partial charge >= 0.3 is 0 Å². The Balaban J connectivity index is 2.04. The summed E-state index contributed by atoms with van der Waals surface area (Å²) in [4.78, 5) is 15.6. The lowest BCUT2D eigenvalue weighted by molar-refractivity contribution is 0.103. The van der Waals surface area contributed by atoms with E-state index < -0.39 is 0 Å². The number of carbonyl (C=O) groups excluding carboxylic acids is 1. The van der Waals surface area contributed by atoms with Crippen molar-refractivity contribution in [3.63, 3.8) is 0 Å². The molecule has 0 amide bonds. The Morgan fingerprint density at radius 1 is 0.895 bits per heavy atom. The largest absolute Gasteiger partial charge is 0.352 e. The molecule has 1 heterocycles. The molecule has 0 saturated carbocycles. The van der Waals surface area contributed by atoms with Crippen LogP contribution >= 0.6 is 0 Å². The summed E-state index contributed by atoms with van der Waals surface area (Å²) in [6.45, 7) is 4.06. The number of benzene rings is 2. The lowest BCUT2D eigenvalue weighted by atomic mass is 10.1. The highest BCUT2D eigenvalue weighted by Gasteiger charge is 2.11. The summed E-state index contributed by atoms with van der Waals surface area (Å²) in [5.41, 5.74) is 4.71. The Kier molecular flexibility index (Phi) is 2.71. The number of fused-ring (bicyclic) bond motifs is 1. The normalized spacial score (nSPS) is 10.8. The maximum Gasteiger partial charge on any atom is 0.209 e. The topological polar surface area (TPSA) is 32.9 Å². The first-order valence-electron chi connectivity index (χ1n) is 6.34. The monoisotopic (exact) mass is 249 g/mol. The molecule has 2 aromatic carbocycles. The standard InChI is InChI=1S/C17H15NO/c1-11-3-6-13(7-4-11)17(19)16-10-14-9-12(2)5-8-15(14)18-16/h3-10,18H,1-2H3. The highest BCUT2D eigenvalue weighted by atomic mass is 16.1. The molecule has 0 aliphatic carbocycles. The van der Waals surface area contributed by atoms with Gasteiger partial charge in [-0.2, -0.15) is 0 Å². The van der Waals surface area contributed by atoms with E-state index in [1.807, 2.05) is 56.3 Å². The molecule has 0 aliphatic heterocycles. The highest BCUT2D eigenvalue weighted by molar-refractivity contribution is 6.10. The molecule has 3 rings (SSSR count). The summed E-state index contributed by atoms with van der Waals surface area (Å²) in [5.74, 6) is 0.0360. The molecule has 19 heavy (non-hydrogen) atoms. The number of carbonyl (C=O) groups is 1. The average molecular weight is 249 g/mol. The van der Waals surface area contributed by atoms with E-state index in [0.717, 1.165) is 16.5 Å². The van der Waals surface area contributed by atoms with Gasteiger partial charge in [0.15, 0.2) is 0 Å². The molecule has 0 unspecified atom stereocenters. The zero-order valence-electron chi connectivity index (χ0n) is 11.0. The summed E-state index contributed by atoms with van der Waals surface area (Å²) >= 11 is 0. The number of aromatic nitrogens is 1. The molecule has 0 atom stereocenters. The summed E-state index contributed by atoms with van der Waals surface area (Å²) in [7, 11) is 0. The predicted molar refractivity (Wildman–Crippen MR) is 77.6 cm³/mol. The molecule has 1 aromatic heterocycles. The number of hydrogen-bond acceptors (Lipinski definition) is 1. The van der Waals surface area contributed by atoms with Crippen LogP contribution in [-0.4, -0.2) is 10.8 Å². The van der Waals surface area contributed by atoms with E-state index in [1.54, 1.807) is 0 Å². The van der Waals surface area contributed by atoms with Crippen molar-refractivity contribution in [3.05, 3.63) is 70.9 Å². The van der Waals surface area contributed by atoms with E-state index in [4.69, 9.17) is 0 Å². The lowest BCUT2D eigenvalue weighted by Crippen LogP contribution is -2.01. The van der Waals surface area contributed by atoms with E-state index in [9.17, 15) is 4.79 Å². The van der Waals surface area contributed by atoms with E-state index in [2.05, 4.69) is 11.1 Å². The molecule has 0 fully saturated rings. The second-order valence-electron chi connectivity index (χ2n) is 4.97. The van der Waals surface area contributed by atoms with E-state index >= 15 is 0 Å². The van der Waals surface area contributed by atoms with E-state index in [1.165, 1.54) is 5.56 Å². The molecule has 94 valence electrons. The highest BCUT2D eigenvalue weighted by Crippen LogP contribution is 2.19. The number of nitrogens with one attached hydrogen (secondary N) is 1. The molecule has 3 aromatic rings. The van der Waals surface area contributed by atoms with Crippen LogP contribution < -0.4 is 0 Å². The summed E-state index contributed by atoms with van der Waals surface area (Å²) in [6.07, 6.45) is 0. The SMILES string of the molecule is Cc1ccc(C(=O)c2cc3cc(C)ccc3[nH]2)cc1. The van der Waals surface area contributed by atoms with Gasteiger partial charge in [-0.15, -0.1) is 0 Å². The van der Waals surface area contributed by atoms with Crippen molar-refractivity contribution in [3.8, 4) is 0 Å². The number of hydrogen-bond donors (Lipinski definition) is 1. The van der Waals surface area contributed by atoms with Crippen LogP contribution in [-0.2, 0) is 0 Å². The van der Waals surface area contributed by atoms with Crippen LogP contribution in [0.25, 0.3) is 10.9 Å². The van der Waals surface area contributed by atoms with Crippen molar-refractivity contribution in [2.24, 2.45) is 0 Å². The fourth-order valence-corrected chi connectivity index (χ4v) is 2.23. The summed E-state index contributed by atoms with van der Waals surface area (Å²) in [6, 6.07) is 15.7. The predicted octanol–water partition coefficient (Wildman–Crippen LogP) is 4.02. The van der Waals surface area contributed by atoms with Gasteiger partial charge in [-0.1, -0.05) is 41.5 Å². The Bertz CT molecular complexity index is 751. The molecule has 0 bridgehead atoms. The zero-order chi connectivity index (χ0) is 13.4. The zero-order valence-corrected chi connectivity index (χ0v) is 11.0. The van der Waals surface area contributed by atoms with Crippen LogP contribution in [0, 0.1) is 13.8 Å². The van der Waals surface area contributed by atoms with Crippen LogP contribution in [0.2, 0.25) is 0 Å². The van der Waals surface area contributed by atoms with Gasteiger partial charge in [0.25, 0.3) is 0 Å². The van der Waals surface area contributed by atoms with Crippen LogP contribution in [0.5, 0.6) is 0 Å². The van der Waals surface area contributed by atoms with Crippen molar-refractivity contribution < 1.29 is 4.79 Å². The number of aromatic amines is 1. The molecular formula is C17H15NO. The molecule has 0 spiro atoms. The van der Waals surface area contributed by atoms with Crippen molar-refractivity contribution in [1.82, 2.24) is 4.98 Å². The fourth-order valence-electron chi connectivity index (χ4n) is 2.23. The lowest BCUT2D eigenvalue weighted by Gasteiger charge is -1.98. The Morgan fingerprint density at radius 3 is 2.32 bits per heavy atom. The number of ketones is 1. The first kappa shape index (κ1) is 11.7. The number of H-pyrrole nitrogens is 1. The van der Waals surface area contributed by atoms with Crippen molar-refractivity contribution in [2.75, 3.05) is 0 Å². The minimum Gasteiger partial charge on any atom is -0.352 e. The smallest absolute Gasteiger partial charge is 0.209 e. The van der Waals surface area contributed by atoms with Crippen LogP contribution in [0.4, 0.5) is 0 Å². The first-order valence-corrected chi connectivity index (χ1v) is 6.34. The molecule has 2 nitrogen and oxygen atoms in total. The van der Waals surface area contributed by atoms with Gasteiger partial charge in [0.1, 0.15) is 0 Å². The van der Waals surface area contributed by atoms with Crippen molar-refractivity contribution in [2.45, 2.75) is 13.8 Å². The summed E-state index contributed by atoms with van der Waals surface area (Å²) in [5, 5.41) is 1.08. The third kappa shape index (κ3) is 2.17. The molecule has 0 radical (unpaired) electrons. The Morgan fingerprint density at radius 2 is 1.58 bits per heavy atom. The Hall–Kier alpha value is -2.35. The molecule has 1 N–H and O–H groups in total. The third-order valence-electron chi connectivity index (χ3n) is 3.33. The quantitative estimate of drug-likeness (QED) is 0.684. The van der Waals surface area contributed by atoms with Crippen LogP contribution in [0.15, 0.2) is 48.5 Å². The van der Waals surface area contributed by atoms with Gasteiger partial charge in [0, 0.05) is 16.5 Å². The number of rotatable bonds is 2. The molecule has 0 saturated heterocycles. The second-order valence-corrected chi connectivity index (χ2v) is 4.97. The third-order valence-corrected chi connectivity index (χ3v) is 3.33. The molecule has 0 aliphatic rings. The summed E-state index contributed by atoms with van der Waals surface area (Å²) < 4.78 is 0. The maximum absolute atomic E-state index is 12.4. The first-order chi connectivity index (χ1) is 9.13. The average Bonchev–Trinajstić information content (AvgIpc) is 2.81. The fraction of sp³-hybridized carbons (Fsp3) is 0.118. The van der Waals surface area contributed by atoms with Crippen molar-refractivity contribution >= 4 is 16.7 Å². The minimum absolute atomic E-state index is 0.0360. The van der Waals surface area contributed by atoms with Gasteiger partial charge in [0.05, 0.1) is 5.69 Å². The van der Waals surface area contributed by atoms with Gasteiger partial charge in [-0.3, -0.25) is 4.79 Å². The molecular weight excluding hydrogens is 234 g/mol. The Labute approximate surface area is 112 Å².